The Morgan fingerprint density at radius 2 is 1.80 bits per heavy atom. The molecule has 0 heterocycles. The van der Waals surface area contributed by atoms with Crippen LogP contribution in [-0.2, 0) is 0 Å². The molecule has 0 saturated carbocycles. The molecule has 76 valence electrons. The molecule has 2 aromatic carbocycles. The first kappa shape index (κ1) is 10.7. The molecule has 0 unspecified atom stereocenters. The zero-order valence-electron chi connectivity index (χ0n) is 8.30. The van der Waals surface area contributed by atoms with Crippen molar-refractivity contribution in [3.63, 3.8) is 0 Å². The third-order valence-corrected chi connectivity index (χ3v) is 3.62. The minimum Gasteiger partial charge on any atom is -0.0843 e. The fourth-order valence-corrected chi connectivity index (χ4v) is 2.21. The quantitative estimate of drug-likeness (QED) is 0.684. The second-order valence-electron chi connectivity index (χ2n) is 3.45. The van der Waals surface area contributed by atoms with E-state index in [2.05, 4.69) is 47.1 Å². The van der Waals surface area contributed by atoms with Crippen molar-refractivity contribution in [3.8, 4) is 11.1 Å². The van der Waals surface area contributed by atoms with Crippen LogP contribution in [0.15, 0.2) is 46.9 Å². The van der Waals surface area contributed by atoms with E-state index in [4.69, 9.17) is 11.6 Å². The van der Waals surface area contributed by atoms with Crippen molar-refractivity contribution < 1.29 is 0 Å². The molecule has 0 saturated heterocycles. The van der Waals surface area contributed by atoms with Crippen LogP contribution in [0.3, 0.4) is 0 Å². The van der Waals surface area contributed by atoms with E-state index in [0.717, 1.165) is 15.1 Å². The Hall–Kier alpha value is -0.790. The second kappa shape index (κ2) is 4.38. The topological polar surface area (TPSA) is 0 Å². The molecule has 0 aromatic heterocycles. The Morgan fingerprint density at radius 1 is 1.07 bits per heavy atom. The molecule has 0 aliphatic rings. The molecule has 2 rings (SSSR count). The average molecular weight is 282 g/mol. The smallest absolute Gasteiger partial charge is 0.0412 e. The third kappa shape index (κ3) is 2.24. The van der Waals surface area contributed by atoms with Crippen LogP contribution >= 0.6 is 27.5 Å². The van der Waals surface area contributed by atoms with Crippen molar-refractivity contribution in [2.45, 2.75) is 6.92 Å². The number of halogens is 2. The standard InChI is InChI=1S/C13H10BrCl/c1-9-4-2-7-12(13(9)14)10-5-3-6-11(15)8-10/h2-8H,1H3. The minimum atomic E-state index is 0.765. The highest BCUT2D eigenvalue weighted by molar-refractivity contribution is 9.10. The Balaban J connectivity index is 2.59. The lowest BCUT2D eigenvalue weighted by atomic mass is 10.0. The van der Waals surface area contributed by atoms with Crippen molar-refractivity contribution in [2.75, 3.05) is 0 Å². The number of benzene rings is 2. The zero-order valence-corrected chi connectivity index (χ0v) is 10.6. The monoisotopic (exact) mass is 280 g/mol. The van der Waals surface area contributed by atoms with Crippen molar-refractivity contribution in [1.82, 2.24) is 0 Å². The first-order valence-corrected chi connectivity index (χ1v) is 5.86. The van der Waals surface area contributed by atoms with Crippen LogP contribution < -0.4 is 0 Å². The predicted octanol–water partition coefficient (Wildman–Crippen LogP) is 5.08. The molecular weight excluding hydrogens is 272 g/mol. The van der Waals surface area contributed by atoms with Gasteiger partial charge in [0.15, 0.2) is 0 Å². The van der Waals surface area contributed by atoms with E-state index in [9.17, 15) is 0 Å². The number of hydrogen-bond acceptors (Lipinski definition) is 0. The lowest BCUT2D eigenvalue weighted by Gasteiger charge is -2.07. The van der Waals surface area contributed by atoms with E-state index in [-0.39, 0.29) is 0 Å². The Labute approximate surface area is 103 Å². The van der Waals surface area contributed by atoms with Gasteiger partial charge in [-0.3, -0.25) is 0 Å². The van der Waals surface area contributed by atoms with Gasteiger partial charge < -0.3 is 0 Å². The normalized spacial score (nSPS) is 10.3. The van der Waals surface area contributed by atoms with Gasteiger partial charge in [0.1, 0.15) is 0 Å². The van der Waals surface area contributed by atoms with E-state index in [1.807, 2.05) is 18.2 Å². The van der Waals surface area contributed by atoms with Crippen LogP contribution in [0.2, 0.25) is 5.02 Å². The van der Waals surface area contributed by atoms with Gasteiger partial charge in [-0.05, 0) is 51.7 Å². The van der Waals surface area contributed by atoms with E-state index >= 15 is 0 Å². The maximum Gasteiger partial charge on any atom is 0.0412 e. The molecule has 15 heavy (non-hydrogen) atoms. The van der Waals surface area contributed by atoms with Gasteiger partial charge in [0, 0.05) is 9.50 Å². The number of hydrogen-bond donors (Lipinski definition) is 0. The van der Waals surface area contributed by atoms with Crippen LogP contribution in [0.5, 0.6) is 0 Å². The lowest BCUT2D eigenvalue weighted by molar-refractivity contribution is 1.43. The summed E-state index contributed by atoms with van der Waals surface area (Å²) in [5, 5.41) is 0.765. The Kier molecular flexibility index (Phi) is 3.13. The molecule has 0 aliphatic carbocycles. The van der Waals surface area contributed by atoms with Crippen molar-refractivity contribution in [2.24, 2.45) is 0 Å². The van der Waals surface area contributed by atoms with Gasteiger partial charge >= 0.3 is 0 Å². The first-order valence-electron chi connectivity index (χ1n) is 4.69. The molecule has 2 aromatic rings. The number of rotatable bonds is 1. The fraction of sp³-hybridized carbons (Fsp3) is 0.0769. The summed E-state index contributed by atoms with van der Waals surface area (Å²) < 4.78 is 1.13. The summed E-state index contributed by atoms with van der Waals surface area (Å²) in [6, 6.07) is 14.1. The summed E-state index contributed by atoms with van der Waals surface area (Å²) in [7, 11) is 0. The van der Waals surface area contributed by atoms with Gasteiger partial charge in [0.25, 0.3) is 0 Å². The van der Waals surface area contributed by atoms with Crippen LogP contribution in [-0.4, -0.2) is 0 Å². The molecule has 0 spiro atoms. The van der Waals surface area contributed by atoms with Crippen LogP contribution in [0, 0.1) is 6.92 Å². The summed E-state index contributed by atoms with van der Waals surface area (Å²) >= 11 is 9.57. The van der Waals surface area contributed by atoms with E-state index < -0.39 is 0 Å². The Bertz CT molecular complexity index is 492. The Morgan fingerprint density at radius 3 is 2.53 bits per heavy atom. The van der Waals surface area contributed by atoms with Gasteiger partial charge in [0.2, 0.25) is 0 Å². The fourth-order valence-electron chi connectivity index (χ4n) is 1.53. The number of aryl methyl sites for hydroxylation is 1. The van der Waals surface area contributed by atoms with E-state index in [1.165, 1.54) is 11.1 Å². The van der Waals surface area contributed by atoms with Crippen molar-refractivity contribution in [3.05, 3.63) is 57.5 Å². The molecule has 0 amide bonds. The molecule has 0 N–H and O–H groups in total. The maximum absolute atomic E-state index is 5.97. The van der Waals surface area contributed by atoms with Gasteiger partial charge in [0.05, 0.1) is 0 Å². The van der Waals surface area contributed by atoms with Crippen molar-refractivity contribution in [1.29, 1.82) is 0 Å². The zero-order chi connectivity index (χ0) is 10.8. The van der Waals surface area contributed by atoms with Gasteiger partial charge in [-0.25, -0.2) is 0 Å². The van der Waals surface area contributed by atoms with Gasteiger partial charge in [-0.1, -0.05) is 41.9 Å². The van der Waals surface area contributed by atoms with Gasteiger partial charge in [-0.2, -0.15) is 0 Å². The first-order chi connectivity index (χ1) is 7.18. The average Bonchev–Trinajstić information content (AvgIpc) is 2.22. The predicted molar refractivity (Wildman–Crippen MR) is 69.3 cm³/mol. The van der Waals surface area contributed by atoms with E-state index in [0.29, 0.717) is 0 Å². The lowest BCUT2D eigenvalue weighted by Crippen LogP contribution is -1.82. The highest BCUT2D eigenvalue weighted by atomic mass is 79.9. The molecule has 0 nitrogen and oxygen atoms in total. The maximum atomic E-state index is 5.97. The van der Waals surface area contributed by atoms with E-state index in [1.54, 1.807) is 0 Å². The van der Waals surface area contributed by atoms with Crippen LogP contribution in [0.1, 0.15) is 5.56 Å². The summed E-state index contributed by atoms with van der Waals surface area (Å²) in [5.41, 5.74) is 3.54. The largest absolute Gasteiger partial charge is 0.0843 e. The molecule has 0 radical (unpaired) electrons. The van der Waals surface area contributed by atoms with Gasteiger partial charge in [-0.15, -0.1) is 0 Å². The molecule has 2 heteroatoms. The van der Waals surface area contributed by atoms with Crippen LogP contribution in [0.25, 0.3) is 11.1 Å². The third-order valence-electron chi connectivity index (χ3n) is 2.33. The summed E-state index contributed by atoms with van der Waals surface area (Å²) in [4.78, 5) is 0. The van der Waals surface area contributed by atoms with Crippen LogP contribution in [0.4, 0.5) is 0 Å². The highest BCUT2D eigenvalue weighted by Crippen LogP contribution is 2.31. The second-order valence-corrected chi connectivity index (χ2v) is 4.68. The molecule has 0 aliphatic heterocycles. The summed E-state index contributed by atoms with van der Waals surface area (Å²) in [6.45, 7) is 2.08. The summed E-state index contributed by atoms with van der Waals surface area (Å²) in [6.07, 6.45) is 0. The molecule has 0 atom stereocenters. The molecule has 0 fully saturated rings. The van der Waals surface area contributed by atoms with Crippen molar-refractivity contribution >= 4 is 27.5 Å². The molecule has 0 bridgehead atoms. The highest BCUT2D eigenvalue weighted by Gasteiger charge is 2.04. The minimum absolute atomic E-state index is 0.765. The SMILES string of the molecule is Cc1cccc(-c2cccc(Cl)c2)c1Br. The summed E-state index contributed by atoms with van der Waals surface area (Å²) in [5.74, 6) is 0. The molecular formula is C13H10BrCl.